The lowest BCUT2D eigenvalue weighted by Gasteiger charge is -2.47. The number of nitrogens with zero attached hydrogens (tertiary/aromatic N) is 4. The molecule has 1 saturated heterocycles. The van der Waals surface area contributed by atoms with E-state index in [0.717, 1.165) is 31.4 Å². The third kappa shape index (κ3) is 5.17. The summed E-state index contributed by atoms with van der Waals surface area (Å²) < 4.78 is 14.7. The quantitative estimate of drug-likeness (QED) is 0.289. The van der Waals surface area contributed by atoms with Crippen LogP contribution in [0.15, 0.2) is 40.4 Å². The zero-order valence-electron chi connectivity index (χ0n) is 19.2. The Morgan fingerprint density at radius 3 is 2.61 bits per heavy atom. The highest BCUT2D eigenvalue weighted by atomic mass is 32.2. The first kappa shape index (κ1) is 24.5. The highest BCUT2D eigenvalue weighted by Crippen LogP contribution is 2.46. The fourth-order valence-corrected chi connectivity index (χ4v) is 5.09. The number of aromatic amines is 1. The third-order valence-corrected chi connectivity index (χ3v) is 7.46. The Balaban J connectivity index is 0.00000160. The van der Waals surface area contributed by atoms with Crippen LogP contribution in [-0.2, 0) is 4.79 Å². The molecule has 36 heavy (non-hydrogen) atoms. The van der Waals surface area contributed by atoms with Crippen molar-refractivity contribution >= 4 is 40.8 Å². The predicted molar refractivity (Wildman–Crippen MR) is 146 cm³/mol. The second-order valence-corrected chi connectivity index (χ2v) is 10.7. The molecule has 9 nitrogen and oxygen atoms in total. The van der Waals surface area contributed by atoms with E-state index in [4.69, 9.17) is 0 Å². The molecule has 198 valence electrons. The third-order valence-electron chi connectivity index (χ3n) is 6.60. The first-order valence-electron chi connectivity index (χ1n) is 11.8. The van der Waals surface area contributed by atoms with Crippen molar-refractivity contribution in [1.82, 2.24) is 20.2 Å². The van der Waals surface area contributed by atoms with Crippen molar-refractivity contribution in [3.8, 4) is 0 Å². The van der Waals surface area contributed by atoms with Gasteiger partial charge in [0.05, 0.1) is 18.8 Å². The minimum Gasteiger partial charge on any atom is -0.386 e. The summed E-state index contributed by atoms with van der Waals surface area (Å²) in [5, 5.41) is 24.1. The van der Waals surface area contributed by atoms with Crippen LogP contribution in [-0.4, -0.2) is 49.9 Å². The number of hydrogen-bond donors (Lipinski definition) is 4. The van der Waals surface area contributed by atoms with E-state index in [1.54, 1.807) is 12.1 Å². The molecule has 3 aromatic rings. The zero-order valence-corrected chi connectivity index (χ0v) is 20.0. The first-order chi connectivity index (χ1) is 16.8. The van der Waals surface area contributed by atoms with Gasteiger partial charge < -0.3 is 20.6 Å². The van der Waals surface area contributed by atoms with Crippen molar-refractivity contribution in [2.45, 2.75) is 55.7 Å². The van der Waals surface area contributed by atoms with Gasteiger partial charge in [0.15, 0.2) is 11.0 Å². The summed E-state index contributed by atoms with van der Waals surface area (Å²) in [4.78, 5) is 23.9. The molecular weight excluding hydrogens is 481 g/mol. The number of rotatable bonds is 8. The fraction of sp³-hybridized carbons (Fsp3) is 0.440. The van der Waals surface area contributed by atoms with Crippen LogP contribution in [0.3, 0.4) is 0 Å². The number of aryl methyl sites for hydroxylation is 1. The monoisotopic (exact) mass is 519 g/mol. The molecule has 0 unspecified atom stereocenters. The average Bonchev–Trinajstić information content (AvgIpc) is 3.71. The van der Waals surface area contributed by atoms with E-state index < -0.39 is 11.4 Å². The summed E-state index contributed by atoms with van der Waals surface area (Å²) in [5.41, 5.74) is 0.449. The van der Waals surface area contributed by atoms with Gasteiger partial charge in [-0.3, -0.25) is 9.89 Å². The van der Waals surface area contributed by atoms with Crippen LogP contribution >= 0.6 is 11.8 Å². The van der Waals surface area contributed by atoms with Crippen LogP contribution in [0, 0.1) is 24.6 Å². The van der Waals surface area contributed by atoms with E-state index in [1.165, 1.54) is 17.8 Å². The number of halogens is 1. The number of carbonyl (C=O) groups excluding carboxylic acids is 1. The molecular formula is C25H38FN7O2S. The lowest BCUT2D eigenvalue weighted by Crippen LogP contribution is -2.63. The van der Waals surface area contributed by atoms with E-state index in [2.05, 4.69) is 30.8 Å². The van der Waals surface area contributed by atoms with Crippen LogP contribution in [0.2, 0.25) is 0 Å². The van der Waals surface area contributed by atoms with Gasteiger partial charge in [0.2, 0.25) is 5.91 Å². The lowest BCUT2D eigenvalue weighted by molar-refractivity contribution is -0.117. The minimum absolute atomic E-state index is 0. The Hall–Kier alpha value is -3.18. The van der Waals surface area contributed by atoms with Crippen molar-refractivity contribution in [3.63, 3.8) is 0 Å². The summed E-state index contributed by atoms with van der Waals surface area (Å²) in [7, 11) is 0. The molecule has 3 aliphatic rings. The van der Waals surface area contributed by atoms with Crippen molar-refractivity contribution in [1.29, 1.82) is 0 Å². The highest BCUT2D eigenvalue weighted by molar-refractivity contribution is 7.99. The fourth-order valence-electron chi connectivity index (χ4n) is 4.30. The van der Waals surface area contributed by atoms with Crippen LogP contribution in [0.25, 0.3) is 0 Å². The lowest BCUT2D eigenvalue weighted by atomic mass is 9.89. The Labute approximate surface area is 219 Å². The van der Waals surface area contributed by atoms with Gasteiger partial charge >= 0.3 is 0 Å². The Bertz CT molecular complexity index is 1300. The normalized spacial score (nSPS) is 18.2. The number of amides is 1. The number of nitrogens with one attached hydrogen (secondary N) is 3. The van der Waals surface area contributed by atoms with Gasteiger partial charge in [-0.15, -0.1) is 0 Å². The zero-order chi connectivity index (χ0) is 24.2. The van der Waals surface area contributed by atoms with Gasteiger partial charge in [0.1, 0.15) is 23.1 Å². The molecule has 1 amide bonds. The second-order valence-electron chi connectivity index (χ2n) is 9.70. The summed E-state index contributed by atoms with van der Waals surface area (Å²) in [5.74, 6) is 1.62. The van der Waals surface area contributed by atoms with E-state index in [0.29, 0.717) is 46.5 Å². The molecule has 6 rings (SSSR count). The molecule has 2 saturated carbocycles. The summed E-state index contributed by atoms with van der Waals surface area (Å²) in [6, 6.07) is 8.39. The van der Waals surface area contributed by atoms with Gasteiger partial charge in [-0.1, -0.05) is 7.43 Å². The molecule has 0 spiro atoms. The van der Waals surface area contributed by atoms with Crippen LogP contribution in [0.4, 0.5) is 27.5 Å². The molecule has 0 radical (unpaired) electrons. The maximum atomic E-state index is 14.7. The van der Waals surface area contributed by atoms with Crippen LogP contribution in [0.1, 0.15) is 44.5 Å². The molecule has 3 fully saturated rings. The van der Waals surface area contributed by atoms with Crippen molar-refractivity contribution in [2.24, 2.45) is 11.8 Å². The van der Waals surface area contributed by atoms with Gasteiger partial charge in [-0.25, -0.2) is 14.4 Å². The van der Waals surface area contributed by atoms with E-state index in [1.807, 2.05) is 24.0 Å². The number of β-amino-alcohol motifs (C(OH)–C–C–N with tert-alkyl or cyclic N) is 1. The number of hydrogen-bond acceptors (Lipinski definition) is 8. The van der Waals surface area contributed by atoms with Crippen molar-refractivity contribution in [3.05, 3.63) is 41.8 Å². The summed E-state index contributed by atoms with van der Waals surface area (Å²) >= 11 is 1.23. The van der Waals surface area contributed by atoms with Crippen molar-refractivity contribution in [2.75, 3.05) is 28.6 Å². The number of H-pyrrole nitrogens is 1. The minimum atomic E-state index is -0.644. The molecule has 0 atom stereocenters. The number of anilines is 4. The average molecular weight is 520 g/mol. The molecule has 1 aliphatic heterocycles. The smallest absolute Gasteiger partial charge is 0.227 e. The van der Waals surface area contributed by atoms with E-state index in [-0.39, 0.29) is 30.6 Å². The topological polar surface area (TPSA) is 119 Å². The number of carbonyl (C=O) groups is 1. The molecule has 11 heteroatoms. The molecule has 3 heterocycles. The van der Waals surface area contributed by atoms with Crippen LogP contribution in [0.5, 0.6) is 0 Å². The molecule has 2 aromatic heterocycles. The summed E-state index contributed by atoms with van der Waals surface area (Å²) in [6.07, 6.45) is 3.86. The molecule has 0 bridgehead atoms. The SMILES string of the molecule is C.Cc1cc(Nc2cc(N3CC(O)(C4CC4)C3)nc(Sc3ccc(NC(=O)C4CC4)c(F)c3)n2)n[nH]1.[HH].[HH].[HH].[HH]. The Morgan fingerprint density at radius 2 is 1.97 bits per heavy atom. The molecule has 4 N–H and O–H groups in total. The largest absolute Gasteiger partial charge is 0.386 e. The first-order valence-corrected chi connectivity index (χ1v) is 12.6. The van der Waals surface area contributed by atoms with Crippen molar-refractivity contribution < 1.29 is 20.0 Å². The van der Waals surface area contributed by atoms with Crippen LogP contribution < -0.4 is 15.5 Å². The highest BCUT2D eigenvalue weighted by Gasteiger charge is 2.52. The Morgan fingerprint density at radius 1 is 1.19 bits per heavy atom. The van der Waals surface area contributed by atoms with Gasteiger partial charge in [-0.05, 0) is 68.5 Å². The van der Waals surface area contributed by atoms with Gasteiger partial charge in [0, 0.05) is 34.3 Å². The summed E-state index contributed by atoms with van der Waals surface area (Å²) in [6.45, 7) is 2.97. The number of benzene rings is 1. The standard InChI is InChI=1S/C24H26FN7O2S.CH4.4H2/c1-13-8-20(31-30-13)27-19-10-21(32-11-24(34,12-32)15-4-5-15)29-23(28-19)35-16-6-7-18(17(25)9-16)26-22(33)14-2-3-14;;;;;/h6-10,14-15,34H,2-5,11-12H2,1H3,(H,26,33)(H2,27,28,29,30,31);1H4;4*1H. The number of aromatic nitrogens is 4. The van der Waals surface area contributed by atoms with Gasteiger partial charge in [0.25, 0.3) is 0 Å². The number of aliphatic hydroxyl groups is 1. The Kier molecular flexibility index (Phi) is 6.37. The van der Waals surface area contributed by atoms with E-state index in [9.17, 15) is 14.3 Å². The molecule has 1 aromatic carbocycles. The molecule has 2 aliphatic carbocycles. The predicted octanol–water partition coefficient (Wildman–Crippen LogP) is 5.47. The van der Waals surface area contributed by atoms with Gasteiger partial charge in [-0.2, -0.15) is 5.10 Å². The maximum absolute atomic E-state index is 14.7. The second kappa shape index (κ2) is 9.36. The van der Waals surface area contributed by atoms with E-state index >= 15 is 0 Å². The maximum Gasteiger partial charge on any atom is 0.227 e.